The molecule has 0 saturated heterocycles. The number of fused-ring (bicyclic) bond motifs is 2. The largest absolute Gasteiger partial charge is 0.493 e. The molecule has 0 unspecified atom stereocenters. The Hall–Kier alpha value is -4.31. The van der Waals surface area contributed by atoms with Crippen LogP contribution in [0.5, 0.6) is 11.5 Å². The van der Waals surface area contributed by atoms with Crippen molar-refractivity contribution < 1.29 is 36.0 Å². The molecule has 0 aliphatic rings. The lowest BCUT2D eigenvalue weighted by Crippen LogP contribution is -2.38. The molecule has 0 saturated carbocycles. The molecule has 0 aliphatic heterocycles. The second kappa shape index (κ2) is 27.4. The summed E-state index contributed by atoms with van der Waals surface area (Å²) >= 11 is 0. The molecule has 5 aromatic rings. The fourth-order valence-electron chi connectivity index (χ4n) is 6.12. The van der Waals surface area contributed by atoms with Crippen molar-refractivity contribution in [3.8, 4) is 22.6 Å². The zero-order valence-corrected chi connectivity index (χ0v) is 37.6. The normalized spacial score (nSPS) is 11.2. The van der Waals surface area contributed by atoms with Gasteiger partial charge >= 0.3 is 29.1 Å². The Morgan fingerprint density at radius 3 is 1.83 bits per heavy atom. The van der Waals surface area contributed by atoms with E-state index in [0.717, 1.165) is 105 Å². The summed E-state index contributed by atoms with van der Waals surface area (Å²) in [6.45, 7) is 20.2. The number of rotatable bonds is 23. The van der Waals surface area contributed by atoms with Crippen LogP contribution < -0.4 is 20.7 Å². The lowest BCUT2D eigenvalue weighted by Gasteiger charge is -2.25. The van der Waals surface area contributed by atoms with Crippen LogP contribution in [-0.4, -0.2) is 57.5 Å². The number of hydrogen-bond donors (Lipinski definition) is 0. The van der Waals surface area contributed by atoms with Gasteiger partial charge in [0.25, 0.3) is 0 Å². The van der Waals surface area contributed by atoms with Crippen molar-refractivity contribution in [2.24, 2.45) is 0 Å². The van der Waals surface area contributed by atoms with Gasteiger partial charge < -0.3 is 36.0 Å². The zero-order valence-electron chi connectivity index (χ0n) is 35.4. The van der Waals surface area contributed by atoms with Gasteiger partial charge in [0.15, 0.2) is 0 Å². The van der Waals surface area contributed by atoms with Crippen LogP contribution in [0.1, 0.15) is 72.6 Å². The molecular weight excluding hydrogens is 769 g/mol. The Kier molecular flexibility index (Phi) is 22.7. The summed E-state index contributed by atoms with van der Waals surface area (Å²) in [5.41, 5.74) is 1.85. The van der Waals surface area contributed by atoms with Crippen molar-refractivity contribution in [1.82, 2.24) is 0 Å². The van der Waals surface area contributed by atoms with Crippen LogP contribution in [0.4, 0.5) is 0 Å². The van der Waals surface area contributed by atoms with E-state index in [1.54, 1.807) is 18.2 Å². The molecule has 0 bridgehead atoms. The molecule has 316 valence electrons. The molecule has 0 fully saturated rings. The third-order valence-electron chi connectivity index (χ3n) is 8.95. The van der Waals surface area contributed by atoms with Gasteiger partial charge in [-0.2, -0.15) is 0 Å². The molecule has 3 aromatic carbocycles. The number of benzene rings is 3. The van der Waals surface area contributed by atoms with E-state index in [1.165, 1.54) is 6.07 Å². The third-order valence-corrected chi connectivity index (χ3v) is 13.6. The summed E-state index contributed by atoms with van der Waals surface area (Å²) < 4.78 is 44.3. The van der Waals surface area contributed by atoms with E-state index >= 15 is 0 Å². The van der Waals surface area contributed by atoms with Crippen LogP contribution in [0, 0.1) is 0 Å². The number of allylic oxidation sites excluding steroid dienone is 1. The van der Waals surface area contributed by atoms with Crippen LogP contribution in [0.3, 0.4) is 0 Å². The van der Waals surface area contributed by atoms with Crippen molar-refractivity contribution in [2.45, 2.75) is 91.8 Å². The van der Waals surface area contributed by atoms with Gasteiger partial charge in [-0.3, -0.25) is 0 Å². The highest BCUT2D eigenvalue weighted by atomic mass is 28.4. The fourth-order valence-corrected chi connectivity index (χ4v) is 9.64. The predicted octanol–water partition coefficient (Wildman–Crippen LogP) is 11.0. The topological polar surface area (TPSA) is 116 Å². The molecular formula is C46H64O10Si2. The second-order valence-electron chi connectivity index (χ2n) is 13.6. The smallest absolute Gasteiger partial charge is 0.344 e. The second-order valence-corrected chi connectivity index (χ2v) is 18.7. The molecule has 0 N–H and O–H groups in total. The number of ether oxygens (including phenoxy) is 2. The number of unbranched alkanes of at least 4 members (excludes halogenated alkanes) is 5. The van der Waals surface area contributed by atoms with Crippen molar-refractivity contribution >= 4 is 39.8 Å². The summed E-state index contributed by atoms with van der Waals surface area (Å²) in [7, 11) is -3.20. The molecule has 0 spiro atoms. The molecule has 0 radical (unpaired) electrons. The summed E-state index contributed by atoms with van der Waals surface area (Å²) in [5, 5.41) is 1.78. The molecule has 10 nitrogen and oxygen atoms in total. The number of hydrogen-bond acceptors (Lipinski definition) is 10. The van der Waals surface area contributed by atoms with Gasteiger partial charge in [0.05, 0.1) is 18.8 Å². The van der Waals surface area contributed by atoms with E-state index in [0.29, 0.717) is 29.9 Å². The van der Waals surface area contributed by atoms with Gasteiger partial charge in [0.1, 0.15) is 22.7 Å². The Morgan fingerprint density at radius 1 is 0.655 bits per heavy atom. The van der Waals surface area contributed by atoms with Crippen LogP contribution in [0.25, 0.3) is 33.1 Å². The Labute approximate surface area is 347 Å². The summed E-state index contributed by atoms with van der Waals surface area (Å²) in [4.78, 5) is 23.5. The van der Waals surface area contributed by atoms with Gasteiger partial charge in [-0.25, -0.2) is 9.59 Å². The van der Waals surface area contributed by atoms with Gasteiger partial charge in [0, 0.05) is 55.4 Å². The summed E-state index contributed by atoms with van der Waals surface area (Å²) in [6, 6.07) is 26.8. The Morgan fingerprint density at radius 2 is 1.22 bits per heavy atom. The minimum absolute atomic E-state index is 0.337. The lowest BCUT2D eigenvalue weighted by atomic mass is 10.1. The first kappa shape index (κ1) is 48.1. The quantitative estimate of drug-likeness (QED) is 0.0273. The van der Waals surface area contributed by atoms with E-state index < -0.39 is 17.8 Å². The standard InChI is InChI=1S/C26H34O5Si.C15H16O3.C5H14O2Si/c1-4-29-32(3,30-5-2)18-12-7-6-11-17-28-23-16-15-22-19-24(21-13-9-8-10-14-21)26(27)31-25(22)20-23;1-2-3-4-5-10-17-13-8-6-12-7-9-15(16)18-14(12)11-13;1-4-6-8(3)7-5-2/h8-10,13-16,19-20H,4-7,11-12,17-18H2,1-3H3;2,6-9,11H,1,3-5,10H2;8H,4-5H2,1-3H3. The Balaban J connectivity index is 0.000000288. The average Bonchev–Trinajstić information content (AvgIpc) is 3.21. The molecule has 12 heteroatoms. The maximum atomic E-state index is 12.4. The lowest BCUT2D eigenvalue weighted by molar-refractivity contribution is 0.188. The zero-order chi connectivity index (χ0) is 42.0. The molecule has 0 aliphatic carbocycles. The van der Waals surface area contributed by atoms with Crippen LogP contribution in [0.15, 0.2) is 116 Å². The SMILES string of the molecule is C=CCCCCOc1ccc2ccc(=O)oc2c1.CCO[SiH](C)OCC.CCO[Si](C)(CCCCCCOc1ccc2cc(-c3ccccc3)c(=O)oc2c1)OCC. The van der Waals surface area contributed by atoms with E-state index in [-0.39, 0.29) is 11.3 Å². The van der Waals surface area contributed by atoms with Crippen molar-refractivity contribution in [3.63, 3.8) is 0 Å². The van der Waals surface area contributed by atoms with Crippen LogP contribution in [0.2, 0.25) is 19.1 Å². The predicted molar refractivity (Wildman–Crippen MR) is 240 cm³/mol. The maximum absolute atomic E-state index is 12.4. The van der Waals surface area contributed by atoms with Crippen LogP contribution in [-0.2, 0) is 17.7 Å². The highest BCUT2D eigenvalue weighted by Gasteiger charge is 2.29. The van der Waals surface area contributed by atoms with E-state index in [1.807, 2.05) is 101 Å². The maximum Gasteiger partial charge on any atom is 0.344 e. The molecule has 58 heavy (non-hydrogen) atoms. The summed E-state index contributed by atoms with van der Waals surface area (Å²) in [6.07, 6.45) is 9.33. The highest BCUT2D eigenvalue weighted by Crippen LogP contribution is 2.25. The first-order valence-corrected chi connectivity index (χ1v) is 25.3. The molecule has 2 heterocycles. The van der Waals surface area contributed by atoms with Crippen molar-refractivity contribution in [3.05, 3.63) is 118 Å². The first-order chi connectivity index (χ1) is 28.1. The summed E-state index contributed by atoms with van der Waals surface area (Å²) in [5.74, 6) is 1.45. The monoisotopic (exact) mass is 832 g/mol. The minimum Gasteiger partial charge on any atom is -0.493 e. The van der Waals surface area contributed by atoms with Gasteiger partial charge in [0.2, 0.25) is 0 Å². The Bertz CT molecular complexity index is 2000. The van der Waals surface area contributed by atoms with Gasteiger partial charge in [-0.05, 0) is 114 Å². The molecule has 0 amide bonds. The van der Waals surface area contributed by atoms with E-state index in [9.17, 15) is 9.59 Å². The molecule has 0 atom stereocenters. The van der Waals surface area contributed by atoms with E-state index in [2.05, 4.69) is 13.1 Å². The van der Waals surface area contributed by atoms with E-state index in [4.69, 9.17) is 36.0 Å². The van der Waals surface area contributed by atoms with Gasteiger partial charge in [-0.15, -0.1) is 6.58 Å². The molecule has 5 rings (SSSR count). The first-order valence-electron chi connectivity index (χ1n) is 20.7. The van der Waals surface area contributed by atoms with Crippen molar-refractivity contribution in [1.29, 1.82) is 0 Å². The van der Waals surface area contributed by atoms with Crippen molar-refractivity contribution in [2.75, 3.05) is 39.6 Å². The molecule has 2 aromatic heterocycles. The highest BCUT2D eigenvalue weighted by molar-refractivity contribution is 6.66. The minimum atomic E-state index is -1.99. The fraction of sp³-hybridized carbons (Fsp3) is 0.435. The third kappa shape index (κ3) is 17.7. The average molecular weight is 833 g/mol. The van der Waals surface area contributed by atoms with Gasteiger partial charge in [-0.1, -0.05) is 55.7 Å². The van der Waals surface area contributed by atoms with Crippen LogP contribution >= 0.6 is 0 Å².